The second-order valence-electron chi connectivity index (χ2n) is 4.23. The predicted molar refractivity (Wildman–Crippen MR) is 70.8 cm³/mol. The first-order chi connectivity index (χ1) is 8.58. The van der Waals surface area contributed by atoms with E-state index in [1.165, 1.54) is 0 Å². The molecule has 5 heteroatoms. The fraction of sp³-hybridized carbons (Fsp3) is 0.385. The molecule has 1 atom stereocenters. The van der Waals surface area contributed by atoms with Gasteiger partial charge in [0.1, 0.15) is 0 Å². The van der Waals surface area contributed by atoms with Gasteiger partial charge in [0.15, 0.2) is 5.84 Å². The highest BCUT2D eigenvalue weighted by atomic mass is 16.4. The van der Waals surface area contributed by atoms with Crippen molar-refractivity contribution in [1.29, 1.82) is 0 Å². The third-order valence-corrected chi connectivity index (χ3v) is 2.65. The predicted octanol–water partition coefficient (Wildman–Crippen LogP) is 1.70. The van der Waals surface area contributed by atoms with Crippen molar-refractivity contribution in [3.05, 3.63) is 35.4 Å². The number of nitrogens with one attached hydrogen (secondary N) is 1. The number of hydrogen-bond acceptors (Lipinski definition) is 3. The number of amides is 1. The van der Waals surface area contributed by atoms with Crippen molar-refractivity contribution < 1.29 is 10.0 Å². The lowest BCUT2D eigenvalue weighted by molar-refractivity contribution is 0.0938. The van der Waals surface area contributed by atoms with E-state index in [1.54, 1.807) is 24.3 Å². The minimum absolute atomic E-state index is 0.0290. The Morgan fingerprint density at radius 1 is 1.39 bits per heavy atom. The molecule has 1 aromatic rings. The molecular formula is C13H19N3O2. The standard InChI is InChI=1S/C13H19N3O2/c1-3-4-9(2)15-13(17)11-7-5-10(6-8-11)12(14)16-18/h5-9,18H,3-4H2,1-2H3,(H2,14,16)(H,15,17). The second kappa shape index (κ2) is 6.64. The molecule has 1 unspecified atom stereocenters. The SMILES string of the molecule is CCCC(C)NC(=O)c1ccc(/C(N)=N/O)cc1. The first-order valence-electron chi connectivity index (χ1n) is 5.97. The summed E-state index contributed by atoms with van der Waals surface area (Å²) in [5.41, 5.74) is 6.58. The van der Waals surface area contributed by atoms with Crippen molar-refractivity contribution in [3.8, 4) is 0 Å². The van der Waals surface area contributed by atoms with E-state index in [-0.39, 0.29) is 17.8 Å². The Balaban J connectivity index is 2.70. The van der Waals surface area contributed by atoms with Gasteiger partial charge in [-0.2, -0.15) is 0 Å². The molecule has 0 spiro atoms. The highest BCUT2D eigenvalue weighted by molar-refractivity contribution is 5.99. The minimum Gasteiger partial charge on any atom is -0.409 e. The van der Waals surface area contributed by atoms with Gasteiger partial charge in [-0.15, -0.1) is 0 Å². The zero-order valence-electron chi connectivity index (χ0n) is 10.7. The maximum atomic E-state index is 11.9. The van der Waals surface area contributed by atoms with E-state index in [9.17, 15) is 4.79 Å². The third kappa shape index (κ3) is 3.76. The Morgan fingerprint density at radius 2 is 1.94 bits per heavy atom. The van der Waals surface area contributed by atoms with E-state index < -0.39 is 0 Å². The number of carbonyl (C=O) groups excluding carboxylic acids is 1. The summed E-state index contributed by atoms with van der Waals surface area (Å²) in [5, 5.41) is 14.3. The van der Waals surface area contributed by atoms with Crippen LogP contribution in [0.25, 0.3) is 0 Å². The van der Waals surface area contributed by atoms with Gasteiger partial charge in [0.25, 0.3) is 5.91 Å². The topological polar surface area (TPSA) is 87.7 Å². The van der Waals surface area contributed by atoms with Gasteiger partial charge in [-0.05, 0) is 25.5 Å². The minimum atomic E-state index is -0.109. The van der Waals surface area contributed by atoms with Crippen LogP contribution in [0.3, 0.4) is 0 Å². The molecule has 4 N–H and O–H groups in total. The normalized spacial score (nSPS) is 13.1. The molecule has 0 saturated carbocycles. The molecule has 0 aliphatic carbocycles. The summed E-state index contributed by atoms with van der Waals surface area (Å²) in [6.45, 7) is 4.06. The molecule has 18 heavy (non-hydrogen) atoms. The van der Waals surface area contributed by atoms with Crippen LogP contribution in [0.1, 0.15) is 42.6 Å². The van der Waals surface area contributed by atoms with Crippen LogP contribution in [-0.2, 0) is 0 Å². The number of amidine groups is 1. The number of hydrogen-bond donors (Lipinski definition) is 3. The van der Waals surface area contributed by atoms with Gasteiger partial charge in [0.2, 0.25) is 0 Å². The van der Waals surface area contributed by atoms with Gasteiger partial charge >= 0.3 is 0 Å². The molecule has 1 rings (SSSR count). The Hall–Kier alpha value is -2.04. The molecule has 1 aromatic carbocycles. The summed E-state index contributed by atoms with van der Waals surface area (Å²) < 4.78 is 0. The Bertz CT molecular complexity index is 426. The van der Waals surface area contributed by atoms with E-state index in [1.807, 2.05) is 6.92 Å². The van der Waals surface area contributed by atoms with E-state index >= 15 is 0 Å². The first kappa shape index (κ1) is 14.0. The molecule has 5 nitrogen and oxygen atoms in total. The fourth-order valence-corrected chi connectivity index (χ4v) is 1.66. The van der Waals surface area contributed by atoms with Gasteiger partial charge in [-0.1, -0.05) is 30.6 Å². The van der Waals surface area contributed by atoms with Gasteiger partial charge in [0.05, 0.1) is 0 Å². The van der Waals surface area contributed by atoms with Gasteiger partial charge < -0.3 is 16.3 Å². The van der Waals surface area contributed by atoms with Crippen LogP contribution in [0.2, 0.25) is 0 Å². The molecular weight excluding hydrogens is 230 g/mol. The van der Waals surface area contributed by atoms with Crippen LogP contribution in [-0.4, -0.2) is 23.0 Å². The van der Waals surface area contributed by atoms with Crippen LogP contribution in [0.4, 0.5) is 0 Å². The van der Waals surface area contributed by atoms with Crippen LogP contribution in [0, 0.1) is 0 Å². The van der Waals surface area contributed by atoms with E-state index in [0.29, 0.717) is 11.1 Å². The monoisotopic (exact) mass is 249 g/mol. The number of nitrogens with two attached hydrogens (primary N) is 1. The summed E-state index contributed by atoms with van der Waals surface area (Å²) >= 11 is 0. The average Bonchev–Trinajstić information content (AvgIpc) is 2.38. The third-order valence-electron chi connectivity index (χ3n) is 2.65. The summed E-state index contributed by atoms with van der Waals surface area (Å²) in [4.78, 5) is 11.9. The van der Waals surface area contributed by atoms with Crippen LogP contribution in [0.15, 0.2) is 29.4 Å². The van der Waals surface area contributed by atoms with Crippen molar-refractivity contribution in [1.82, 2.24) is 5.32 Å². The molecule has 0 saturated heterocycles. The van der Waals surface area contributed by atoms with Gasteiger partial charge in [-0.25, -0.2) is 0 Å². The molecule has 98 valence electrons. The van der Waals surface area contributed by atoms with E-state index in [4.69, 9.17) is 10.9 Å². The Kier molecular flexibility index (Phi) is 5.17. The van der Waals surface area contributed by atoms with Crippen LogP contribution in [0.5, 0.6) is 0 Å². The van der Waals surface area contributed by atoms with Gasteiger partial charge in [-0.3, -0.25) is 4.79 Å². The zero-order valence-corrected chi connectivity index (χ0v) is 10.7. The Labute approximate surface area is 107 Å². The lowest BCUT2D eigenvalue weighted by atomic mass is 10.1. The van der Waals surface area contributed by atoms with Crippen molar-refractivity contribution in [2.24, 2.45) is 10.9 Å². The largest absolute Gasteiger partial charge is 0.409 e. The van der Waals surface area contributed by atoms with Crippen LogP contribution < -0.4 is 11.1 Å². The number of nitrogens with zero attached hydrogens (tertiary/aromatic N) is 1. The molecule has 0 aliphatic rings. The number of rotatable bonds is 5. The fourth-order valence-electron chi connectivity index (χ4n) is 1.66. The quantitative estimate of drug-likeness (QED) is 0.321. The van der Waals surface area contributed by atoms with Crippen molar-refractivity contribution in [3.63, 3.8) is 0 Å². The maximum absolute atomic E-state index is 11.9. The van der Waals surface area contributed by atoms with Crippen molar-refractivity contribution in [2.45, 2.75) is 32.7 Å². The molecule has 0 aromatic heterocycles. The zero-order chi connectivity index (χ0) is 13.5. The number of oxime groups is 1. The number of benzene rings is 1. The summed E-state index contributed by atoms with van der Waals surface area (Å²) in [6.07, 6.45) is 1.98. The lowest BCUT2D eigenvalue weighted by Crippen LogP contribution is -2.32. The first-order valence-corrected chi connectivity index (χ1v) is 5.97. The molecule has 0 fully saturated rings. The highest BCUT2D eigenvalue weighted by Crippen LogP contribution is 2.05. The van der Waals surface area contributed by atoms with E-state index in [2.05, 4.69) is 17.4 Å². The van der Waals surface area contributed by atoms with E-state index in [0.717, 1.165) is 12.8 Å². The maximum Gasteiger partial charge on any atom is 0.251 e. The van der Waals surface area contributed by atoms with Crippen LogP contribution >= 0.6 is 0 Å². The lowest BCUT2D eigenvalue weighted by Gasteiger charge is -2.12. The molecule has 1 amide bonds. The second-order valence-corrected chi connectivity index (χ2v) is 4.23. The summed E-state index contributed by atoms with van der Waals surface area (Å²) in [6, 6.07) is 6.76. The number of carbonyl (C=O) groups is 1. The molecule has 0 aliphatic heterocycles. The highest BCUT2D eigenvalue weighted by Gasteiger charge is 2.09. The van der Waals surface area contributed by atoms with Crippen molar-refractivity contribution >= 4 is 11.7 Å². The van der Waals surface area contributed by atoms with Crippen molar-refractivity contribution in [2.75, 3.05) is 0 Å². The molecule has 0 bridgehead atoms. The summed E-state index contributed by atoms with van der Waals surface area (Å²) in [7, 11) is 0. The molecule has 0 radical (unpaired) electrons. The van der Waals surface area contributed by atoms with Gasteiger partial charge in [0, 0.05) is 17.2 Å². The summed E-state index contributed by atoms with van der Waals surface area (Å²) in [5.74, 6) is -0.0803. The average molecular weight is 249 g/mol. The molecule has 0 heterocycles. The Morgan fingerprint density at radius 3 is 2.44 bits per heavy atom. The smallest absolute Gasteiger partial charge is 0.251 e.